The number of benzene rings is 3. The number of carbonyl (C=O) groups is 1. The first-order chi connectivity index (χ1) is 15.6. The molecule has 1 aliphatic rings. The molecule has 3 atom stereocenters. The first-order valence-corrected chi connectivity index (χ1v) is 11.1. The molecular weight excluding hydrogens is 396 g/mol. The van der Waals surface area contributed by atoms with Gasteiger partial charge >= 0.3 is 0 Å². The van der Waals surface area contributed by atoms with Crippen LogP contribution in [0.1, 0.15) is 34.6 Å². The molecule has 0 bridgehead atoms. The minimum atomic E-state index is -0.419. The monoisotopic (exact) mass is 426 g/mol. The third-order valence-electron chi connectivity index (χ3n) is 5.89. The van der Waals surface area contributed by atoms with Gasteiger partial charge in [0.05, 0.1) is 6.04 Å². The van der Waals surface area contributed by atoms with Crippen molar-refractivity contribution in [2.24, 2.45) is 5.73 Å². The van der Waals surface area contributed by atoms with E-state index in [1.165, 1.54) is 5.56 Å². The summed E-state index contributed by atoms with van der Waals surface area (Å²) in [5.41, 5.74) is 10.4. The van der Waals surface area contributed by atoms with Crippen molar-refractivity contribution in [3.05, 3.63) is 120 Å². The Labute approximate surface area is 190 Å². The van der Waals surface area contributed by atoms with Gasteiger partial charge in [0.2, 0.25) is 0 Å². The molecule has 1 saturated carbocycles. The summed E-state index contributed by atoms with van der Waals surface area (Å²) in [7, 11) is 0. The summed E-state index contributed by atoms with van der Waals surface area (Å²) in [5.74, 6) is 0.979. The molecule has 4 nitrogen and oxygen atoms in total. The van der Waals surface area contributed by atoms with E-state index in [9.17, 15) is 4.79 Å². The number of ketones is 1. The zero-order valence-electron chi connectivity index (χ0n) is 18.2. The topological polar surface area (TPSA) is 64.4 Å². The van der Waals surface area contributed by atoms with Crippen LogP contribution in [0, 0.1) is 0 Å². The highest BCUT2D eigenvalue weighted by Gasteiger charge is 2.34. The fraction of sp³-hybridized carbons (Fsp3) is 0.250. The maximum absolute atomic E-state index is 13.2. The molecule has 3 aromatic carbocycles. The molecule has 164 valence electrons. The van der Waals surface area contributed by atoms with Crippen molar-refractivity contribution in [3.8, 4) is 0 Å². The highest BCUT2D eigenvalue weighted by atomic mass is 16.5. The summed E-state index contributed by atoms with van der Waals surface area (Å²) in [6, 6.07) is 28.1. The zero-order chi connectivity index (χ0) is 22.3. The Balaban J connectivity index is 1.39. The third kappa shape index (κ3) is 6.08. The Morgan fingerprint density at radius 3 is 2.12 bits per heavy atom. The molecule has 0 aromatic heterocycles. The van der Waals surface area contributed by atoms with E-state index >= 15 is 0 Å². The van der Waals surface area contributed by atoms with Gasteiger partial charge in [-0.25, -0.2) is 0 Å². The van der Waals surface area contributed by atoms with Crippen LogP contribution < -0.4 is 11.1 Å². The lowest BCUT2D eigenvalue weighted by molar-refractivity contribution is -0.120. The van der Waals surface area contributed by atoms with Gasteiger partial charge in [-0.05, 0) is 41.7 Å². The predicted molar refractivity (Wildman–Crippen MR) is 128 cm³/mol. The Morgan fingerprint density at radius 2 is 1.53 bits per heavy atom. The van der Waals surface area contributed by atoms with E-state index in [0.717, 1.165) is 23.1 Å². The summed E-state index contributed by atoms with van der Waals surface area (Å²) >= 11 is 0. The van der Waals surface area contributed by atoms with Crippen LogP contribution in [-0.2, 0) is 29.0 Å². The predicted octanol–water partition coefficient (Wildman–Crippen LogP) is 4.50. The van der Waals surface area contributed by atoms with Crippen LogP contribution in [0.15, 0.2) is 97.4 Å². The minimum absolute atomic E-state index is 0.106. The summed E-state index contributed by atoms with van der Waals surface area (Å²) < 4.78 is 5.79. The zero-order valence-corrected chi connectivity index (χ0v) is 18.2. The molecule has 1 aliphatic carbocycles. The first kappa shape index (κ1) is 21.8. The molecule has 0 saturated heterocycles. The van der Waals surface area contributed by atoms with Crippen LogP contribution in [0.25, 0.3) is 0 Å². The number of Topliss-reactive ketones (excluding diaryl/α,β-unsaturated/α-hetero) is 1. The molecule has 3 unspecified atom stereocenters. The Morgan fingerprint density at radius 1 is 0.938 bits per heavy atom. The van der Waals surface area contributed by atoms with Gasteiger partial charge in [-0.2, -0.15) is 0 Å². The first-order valence-electron chi connectivity index (χ1n) is 11.1. The smallest absolute Gasteiger partial charge is 0.180 e. The van der Waals surface area contributed by atoms with Crippen LogP contribution >= 0.6 is 0 Å². The van der Waals surface area contributed by atoms with Crippen molar-refractivity contribution in [2.45, 2.75) is 43.9 Å². The lowest BCUT2D eigenvalue weighted by Gasteiger charge is -2.21. The lowest BCUT2D eigenvalue weighted by Crippen LogP contribution is -2.39. The molecule has 4 rings (SSSR count). The number of nitrogens with one attached hydrogen (secondary N) is 1. The number of hydrogen-bond donors (Lipinski definition) is 2. The average molecular weight is 427 g/mol. The van der Waals surface area contributed by atoms with E-state index < -0.39 is 6.04 Å². The van der Waals surface area contributed by atoms with E-state index in [1.807, 2.05) is 72.8 Å². The highest BCUT2D eigenvalue weighted by Crippen LogP contribution is 2.38. The second kappa shape index (κ2) is 10.3. The Kier molecular flexibility index (Phi) is 7.03. The number of carbonyl (C=O) groups excluding carboxylic acids is 1. The lowest BCUT2D eigenvalue weighted by atomic mass is 9.97. The number of nitrogens with two attached hydrogens (primary N) is 1. The molecule has 0 amide bonds. The Bertz CT molecular complexity index is 1030. The maximum Gasteiger partial charge on any atom is 0.180 e. The molecule has 1 fully saturated rings. The normalized spacial score (nSPS) is 17.9. The molecule has 0 heterocycles. The second-order valence-corrected chi connectivity index (χ2v) is 8.47. The van der Waals surface area contributed by atoms with Gasteiger partial charge in [-0.1, -0.05) is 84.9 Å². The van der Waals surface area contributed by atoms with Crippen LogP contribution in [-0.4, -0.2) is 17.9 Å². The molecular formula is C28H30N2O2. The summed E-state index contributed by atoms with van der Waals surface area (Å²) in [5, 5.41) is 3.22. The summed E-state index contributed by atoms with van der Waals surface area (Å²) in [6.45, 7) is 4.39. The van der Waals surface area contributed by atoms with E-state index in [4.69, 9.17) is 10.5 Å². The van der Waals surface area contributed by atoms with Crippen LogP contribution in [0.3, 0.4) is 0 Å². The van der Waals surface area contributed by atoms with Crippen molar-refractivity contribution in [2.75, 3.05) is 0 Å². The van der Waals surface area contributed by atoms with E-state index in [2.05, 4.69) is 24.0 Å². The third-order valence-corrected chi connectivity index (χ3v) is 5.89. The largest absolute Gasteiger partial charge is 0.475 e. The van der Waals surface area contributed by atoms with E-state index in [0.29, 0.717) is 31.2 Å². The maximum atomic E-state index is 13.2. The van der Waals surface area contributed by atoms with Gasteiger partial charge < -0.3 is 15.8 Å². The minimum Gasteiger partial charge on any atom is -0.475 e. The number of hydrogen-bond acceptors (Lipinski definition) is 4. The fourth-order valence-corrected chi connectivity index (χ4v) is 3.88. The fourth-order valence-electron chi connectivity index (χ4n) is 3.88. The second-order valence-electron chi connectivity index (χ2n) is 8.47. The van der Waals surface area contributed by atoms with Gasteiger partial charge in [0.1, 0.15) is 6.61 Å². The quantitative estimate of drug-likeness (QED) is 0.443. The van der Waals surface area contributed by atoms with Gasteiger partial charge in [-0.15, -0.1) is 0 Å². The van der Waals surface area contributed by atoms with Crippen molar-refractivity contribution in [1.29, 1.82) is 0 Å². The standard InChI is InChI=1S/C28H30N2O2/c1-20(32-19-23-10-6-3-7-11-23)30-27(16-21-8-4-2-5-9-21)28(31)17-22-12-14-24(15-13-22)25-18-26(25)29/h2-15,25-27,30H,1,16-19,29H2. The SMILES string of the molecule is C=C(NC(Cc1ccccc1)C(=O)Cc1ccc(C2CC2N)cc1)OCc1ccccc1. The molecule has 0 aliphatic heterocycles. The van der Waals surface area contributed by atoms with Gasteiger partial charge in [0, 0.05) is 18.4 Å². The number of rotatable bonds is 11. The van der Waals surface area contributed by atoms with Crippen molar-refractivity contribution < 1.29 is 9.53 Å². The van der Waals surface area contributed by atoms with Gasteiger partial charge in [0.25, 0.3) is 0 Å². The van der Waals surface area contributed by atoms with E-state index in [-0.39, 0.29) is 11.8 Å². The summed E-state index contributed by atoms with van der Waals surface area (Å²) in [6.07, 6.45) is 1.97. The highest BCUT2D eigenvalue weighted by molar-refractivity contribution is 5.86. The molecule has 4 heteroatoms. The van der Waals surface area contributed by atoms with Gasteiger partial charge in [0.15, 0.2) is 11.7 Å². The molecule has 3 aromatic rings. The van der Waals surface area contributed by atoms with Crippen LogP contribution in [0.4, 0.5) is 0 Å². The molecule has 0 spiro atoms. The molecule has 0 radical (unpaired) electrons. The van der Waals surface area contributed by atoms with Crippen molar-refractivity contribution >= 4 is 5.78 Å². The Hall–Kier alpha value is -3.37. The van der Waals surface area contributed by atoms with Crippen molar-refractivity contribution in [3.63, 3.8) is 0 Å². The van der Waals surface area contributed by atoms with Crippen molar-refractivity contribution in [1.82, 2.24) is 5.32 Å². The molecule has 3 N–H and O–H groups in total. The molecule has 32 heavy (non-hydrogen) atoms. The average Bonchev–Trinajstić information content (AvgIpc) is 3.55. The van der Waals surface area contributed by atoms with Crippen LogP contribution in [0.2, 0.25) is 0 Å². The van der Waals surface area contributed by atoms with Gasteiger partial charge in [-0.3, -0.25) is 4.79 Å². The van der Waals surface area contributed by atoms with E-state index in [1.54, 1.807) is 0 Å². The number of ether oxygens (including phenoxy) is 1. The van der Waals surface area contributed by atoms with Crippen LogP contribution in [0.5, 0.6) is 0 Å². The summed E-state index contributed by atoms with van der Waals surface area (Å²) in [4.78, 5) is 13.2.